The molecule has 0 saturated carbocycles. The minimum Gasteiger partial charge on any atom is -0.370 e. The maximum atomic E-state index is 12.9. The van der Waals surface area contributed by atoms with E-state index in [1.807, 2.05) is 0 Å². The maximum absolute atomic E-state index is 12.9. The number of primary amides is 1. The van der Waals surface area contributed by atoms with Gasteiger partial charge in [-0.3, -0.25) is 39.4 Å². The zero-order valence-electron chi connectivity index (χ0n) is 15.7. The molecule has 2 atom stereocenters. The van der Waals surface area contributed by atoms with Crippen molar-refractivity contribution in [3.05, 3.63) is 0 Å². The van der Waals surface area contributed by atoms with Gasteiger partial charge in [0.2, 0.25) is 35.4 Å². The monoisotopic (exact) mass is 394 g/mol. The zero-order chi connectivity index (χ0) is 20.7. The SMILES string of the molecule is NC(=O)CCCCCCC(=O)N(C1CCC(=O)NC1=O)C1CCC(=O)NC1=O. The number of carbonyl (C=O) groups is 6. The van der Waals surface area contributed by atoms with Crippen LogP contribution in [0.1, 0.15) is 64.2 Å². The van der Waals surface area contributed by atoms with Crippen molar-refractivity contribution in [2.24, 2.45) is 5.73 Å². The molecule has 4 N–H and O–H groups in total. The van der Waals surface area contributed by atoms with Crippen LogP contribution in [0.5, 0.6) is 0 Å². The minimum atomic E-state index is -0.913. The Bertz CT molecular complexity index is 639. The van der Waals surface area contributed by atoms with E-state index in [1.54, 1.807) is 0 Å². The third-order valence-corrected chi connectivity index (χ3v) is 4.94. The lowest BCUT2D eigenvalue weighted by Crippen LogP contribution is -2.62. The molecule has 0 aromatic heterocycles. The molecule has 2 heterocycles. The Kier molecular flexibility index (Phi) is 7.65. The number of hydrogen-bond donors (Lipinski definition) is 3. The summed E-state index contributed by atoms with van der Waals surface area (Å²) in [4.78, 5) is 72.2. The average Bonchev–Trinajstić information content (AvgIpc) is 2.61. The normalized spacial score (nSPS) is 22.4. The molecular weight excluding hydrogens is 368 g/mol. The summed E-state index contributed by atoms with van der Waals surface area (Å²) in [5, 5.41) is 4.42. The van der Waals surface area contributed by atoms with E-state index in [9.17, 15) is 28.8 Å². The van der Waals surface area contributed by atoms with Crippen LogP contribution in [0.25, 0.3) is 0 Å². The summed E-state index contributed by atoms with van der Waals surface area (Å²) >= 11 is 0. The summed E-state index contributed by atoms with van der Waals surface area (Å²) in [5.41, 5.74) is 5.08. The Hall–Kier alpha value is -2.78. The second-order valence-corrected chi connectivity index (χ2v) is 7.12. The van der Waals surface area contributed by atoms with Gasteiger partial charge in [-0.15, -0.1) is 0 Å². The number of amides is 6. The first-order valence-electron chi connectivity index (χ1n) is 9.56. The van der Waals surface area contributed by atoms with Gasteiger partial charge in [-0.05, 0) is 25.7 Å². The number of nitrogens with one attached hydrogen (secondary N) is 2. The number of nitrogens with two attached hydrogens (primary N) is 1. The predicted octanol–water partition coefficient (Wildman–Crippen LogP) is -0.749. The van der Waals surface area contributed by atoms with Gasteiger partial charge in [0.05, 0.1) is 0 Å². The molecule has 0 aromatic rings. The average molecular weight is 394 g/mol. The number of piperidine rings is 2. The highest BCUT2D eigenvalue weighted by atomic mass is 16.2. The molecule has 2 saturated heterocycles. The molecule has 6 amide bonds. The largest absolute Gasteiger partial charge is 0.370 e. The lowest BCUT2D eigenvalue weighted by molar-refractivity contribution is -0.153. The molecule has 0 spiro atoms. The Labute approximate surface area is 162 Å². The lowest BCUT2D eigenvalue weighted by Gasteiger charge is -2.39. The first-order chi connectivity index (χ1) is 13.3. The molecule has 28 heavy (non-hydrogen) atoms. The molecule has 154 valence electrons. The third kappa shape index (κ3) is 5.86. The molecule has 0 bridgehead atoms. The van der Waals surface area contributed by atoms with Gasteiger partial charge in [0.15, 0.2) is 0 Å². The van der Waals surface area contributed by atoms with Crippen LogP contribution in [0.2, 0.25) is 0 Å². The van der Waals surface area contributed by atoms with Crippen LogP contribution in [0, 0.1) is 0 Å². The Balaban J connectivity index is 2.01. The van der Waals surface area contributed by atoms with Gasteiger partial charge in [0.1, 0.15) is 12.1 Å². The van der Waals surface area contributed by atoms with Crippen molar-refractivity contribution < 1.29 is 28.8 Å². The molecule has 2 fully saturated rings. The van der Waals surface area contributed by atoms with E-state index in [4.69, 9.17) is 5.73 Å². The van der Waals surface area contributed by atoms with E-state index in [1.165, 1.54) is 4.90 Å². The van der Waals surface area contributed by atoms with Crippen LogP contribution in [0.4, 0.5) is 0 Å². The van der Waals surface area contributed by atoms with Crippen molar-refractivity contribution in [1.82, 2.24) is 15.5 Å². The third-order valence-electron chi connectivity index (χ3n) is 4.94. The van der Waals surface area contributed by atoms with Crippen molar-refractivity contribution in [2.75, 3.05) is 0 Å². The lowest BCUT2D eigenvalue weighted by atomic mass is 9.96. The first-order valence-corrected chi connectivity index (χ1v) is 9.56. The van der Waals surface area contributed by atoms with Crippen LogP contribution >= 0.6 is 0 Å². The molecule has 0 radical (unpaired) electrons. The van der Waals surface area contributed by atoms with Gasteiger partial charge < -0.3 is 10.6 Å². The quantitative estimate of drug-likeness (QED) is 0.345. The summed E-state index contributed by atoms with van der Waals surface area (Å²) in [5.74, 6) is -2.75. The maximum Gasteiger partial charge on any atom is 0.249 e. The molecule has 2 unspecified atom stereocenters. The Morgan fingerprint density at radius 2 is 1.29 bits per heavy atom. The van der Waals surface area contributed by atoms with Crippen molar-refractivity contribution in [1.29, 1.82) is 0 Å². The molecule has 10 nitrogen and oxygen atoms in total. The van der Waals surface area contributed by atoms with Gasteiger partial charge >= 0.3 is 0 Å². The summed E-state index contributed by atoms with van der Waals surface area (Å²) in [6.45, 7) is 0. The topological polar surface area (TPSA) is 156 Å². The Morgan fingerprint density at radius 1 is 0.821 bits per heavy atom. The molecule has 10 heteroatoms. The fourth-order valence-electron chi connectivity index (χ4n) is 3.52. The van der Waals surface area contributed by atoms with E-state index in [2.05, 4.69) is 10.6 Å². The van der Waals surface area contributed by atoms with Gasteiger partial charge in [-0.1, -0.05) is 12.8 Å². The van der Waals surface area contributed by atoms with Crippen molar-refractivity contribution >= 4 is 35.4 Å². The van der Waals surface area contributed by atoms with Gasteiger partial charge in [0.25, 0.3) is 0 Å². The number of nitrogens with zero attached hydrogens (tertiary/aromatic N) is 1. The Morgan fingerprint density at radius 3 is 1.71 bits per heavy atom. The van der Waals surface area contributed by atoms with Gasteiger partial charge in [-0.25, -0.2) is 0 Å². The smallest absolute Gasteiger partial charge is 0.249 e. The van der Waals surface area contributed by atoms with Crippen LogP contribution in [-0.4, -0.2) is 52.4 Å². The summed E-state index contributed by atoms with van der Waals surface area (Å²) in [7, 11) is 0. The summed E-state index contributed by atoms with van der Waals surface area (Å²) < 4.78 is 0. The van der Waals surface area contributed by atoms with Crippen LogP contribution in [0.3, 0.4) is 0 Å². The predicted molar refractivity (Wildman–Crippen MR) is 96.1 cm³/mol. The standard InChI is InChI=1S/C18H26N4O6/c19-13(23)5-3-1-2-4-6-16(26)22(11-7-9-14(24)20-17(11)27)12-8-10-15(25)21-18(12)28/h11-12H,1-10H2,(H2,19,23)(H,20,24,27)(H,21,25,28). The fraction of sp³-hybridized carbons (Fsp3) is 0.667. The second-order valence-electron chi connectivity index (χ2n) is 7.12. The second kappa shape index (κ2) is 9.95. The van der Waals surface area contributed by atoms with Gasteiger partial charge in [0, 0.05) is 25.7 Å². The molecule has 2 aliphatic rings. The van der Waals surface area contributed by atoms with Crippen molar-refractivity contribution in [3.63, 3.8) is 0 Å². The molecule has 0 aliphatic carbocycles. The van der Waals surface area contributed by atoms with Crippen LogP contribution in [-0.2, 0) is 28.8 Å². The van der Waals surface area contributed by atoms with Crippen LogP contribution < -0.4 is 16.4 Å². The molecule has 2 aliphatic heterocycles. The number of carbonyl (C=O) groups excluding carboxylic acids is 6. The first kappa shape index (κ1) is 21.5. The number of unbranched alkanes of at least 4 members (excludes halogenated alkanes) is 3. The number of rotatable bonds is 9. The van der Waals surface area contributed by atoms with Crippen molar-refractivity contribution in [2.45, 2.75) is 76.3 Å². The molecule has 2 rings (SSSR count). The van der Waals surface area contributed by atoms with E-state index in [0.29, 0.717) is 25.7 Å². The van der Waals surface area contributed by atoms with Gasteiger partial charge in [-0.2, -0.15) is 0 Å². The fourth-order valence-corrected chi connectivity index (χ4v) is 3.52. The number of hydrogen-bond acceptors (Lipinski definition) is 6. The zero-order valence-corrected chi connectivity index (χ0v) is 15.7. The molecule has 0 aromatic carbocycles. The summed E-state index contributed by atoms with van der Waals surface area (Å²) in [6, 6.07) is -1.83. The highest BCUT2D eigenvalue weighted by Gasteiger charge is 2.42. The highest BCUT2D eigenvalue weighted by molar-refractivity contribution is 6.05. The van der Waals surface area contributed by atoms with Crippen LogP contribution in [0.15, 0.2) is 0 Å². The van der Waals surface area contributed by atoms with E-state index in [-0.39, 0.29) is 43.9 Å². The van der Waals surface area contributed by atoms with E-state index in [0.717, 1.165) is 6.42 Å². The molecular formula is C18H26N4O6. The number of imide groups is 2. The van der Waals surface area contributed by atoms with Crippen molar-refractivity contribution in [3.8, 4) is 0 Å². The summed E-state index contributed by atoms with van der Waals surface area (Å²) in [6.07, 6.45) is 3.52. The highest BCUT2D eigenvalue weighted by Crippen LogP contribution is 2.22. The van der Waals surface area contributed by atoms with E-state index >= 15 is 0 Å². The van der Waals surface area contributed by atoms with E-state index < -0.39 is 35.7 Å². The minimum absolute atomic E-state index is 0.0839.